The number of nitrogens with zero attached hydrogens (tertiary/aromatic N) is 6. The van der Waals surface area contributed by atoms with Crippen molar-refractivity contribution in [2.45, 2.75) is 25.1 Å². The Morgan fingerprint density at radius 2 is 1.96 bits per heavy atom. The molecule has 4 heterocycles. The maximum atomic E-state index is 13.0. The third-order valence-corrected chi connectivity index (χ3v) is 5.31. The first-order valence-corrected chi connectivity index (χ1v) is 8.73. The van der Waals surface area contributed by atoms with Crippen molar-refractivity contribution in [1.29, 1.82) is 5.26 Å². The summed E-state index contributed by atoms with van der Waals surface area (Å²) in [5.74, 6) is 1.36. The van der Waals surface area contributed by atoms with Gasteiger partial charge in [-0.2, -0.15) is 18.4 Å². The van der Waals surface area contributed by atoms with Gasteiger partial charge >= 0.3 is 6.18 Å². The molecule has 2 aromatic heterocycles. The van der Waals surface area contributed by atoms with Crippen LogP contribution in [0.3, 0.4) is 0 Å². The van der Waals surface area contributed by atoms with E-state index < -0.39 is 11.9 Å². The van der Waals surface area contributed by atoms with Crippen LogP contribution in [0, 0.1) is 17.2 Å². The van der Waals surface area contributed by atoms with Crippen molar-refractivity contribution in [3.63, 3.8) is 0 Å². The highest BCUT2D eigenvalue weighted by molar-refractivity contribution is 5.56. The van der Waals surface area contributed by atoms with E-state index in [9.17, 15) is 18.4 Å². The van der Waals surface area contributed by atoms with Crippen molar-refractivity contribution in [3.05, 3.63) is 42.0 Å². The van der Waals surface area contributed by atoms with Crippen LogP contribution in [0.5, 0.6) is 0 Å². The summed E-state index contributed by atoms with van der Waals surface area (Å²) in [7, 11) is 0. The molecule has 9 heteroatoms. The first-order chi connectivity index (χ1) is 13.0. The monoisotopic (exact) mass is 374 g/mol. The predicted octanol–water partition coefficient (Wildman–Crippen LogP) is 2.87. The van der Waals surface area contributed by atoms with Crippen LogP contribution in [0.15, 0.2) is 30.7 Å². The molecule has 2 fully saturated rings. The minimum absolute atomic E-state index is 0.0880. The second-order valence-electron chi connectivity index (χ2n) is 6.79. The number of hydrogen-bond acceptors (Lipinski definition) is 6. The van der Waals surface area contributed by atoms with Gasteiger partial charge in [-0.3, -0.25) is 0 Å². The van der Waals surface area contributed by atoms with Crippen LogP contribution < -0.4 is 9.80 Å². The van der Waals surface area contributed by atoms with E-state index in [0.29, 0.717) is 30.4 Å². The molecule has 0 aromatic carbocycles. The van der Waals surface area contributed by atoms with Gasteiger partial charge in [0.25, 0.3) is 0 Å². The molecule has 4 rings (SSSR count). The lowest BCUT2D eigenvalue weighted by Crippen LogP contribution is -2.49. The summed E-state index contributed by atoms with van der Waals surface area (Å²) in [4.78, 5) is 15.7. The van der Waals surface area contributed by atoms with Crippen molar-refractivity contribution in [1.82, 2.24) is 15.0 Å². The average Bonchev–Trinajstić information content (AvgIpc) is 3.10. The van der Waals surface area contributed by atoms with Crippen LogP contribution in [0.25, 0.3) is 0 Å². The summed E-state index contributed by atoms with van der Waals surface area (Å²) in [6.45, 7) is 1.98. The molecular weight excluding hydrogens is 357 g/mol. The molecule has 2 unspecified atom stereocenters. The van der Waals surface area contributed by atoms with Crippen molar-refractivity contribution in [3.8, 4) is 6.07 Å². The van der Waals surface area contributed by atoms with E-state index in [0.717, 1.165) is 31.8 Å². The highest BCUT2D eigenvalue weighted by Gasteiger charge is 2.40. The summed E-state index contributed by atoms with van der Waals surface area (Å²) in [5, 5.41) is 9.36. The molecule has 0 radical (unpaired) electrons. The summed E-state index contributed by atoms with van der Waals surface area (Å²) < 4.78 is 38.9. The fraction of sp³-hybridized carbons (Fsp3) is 0.444. The minimum atomic E-state index is -4.49. The molecule has 0 spiro atoms. The van der Waals surface area contributed by atoms with Crippen LogP contribution in [-0.4, -0.2) is 40.6 Å². The fourth-order valence-electron chi connectivity index (χ4n) is 4.00. The molecule has 2 aromatic rings. The van der Waals surface area contributed by atoms with Crippen molar-refractivity contribution >= 4 is 11.6 Å². The Morgan fingerprint density at radius 3 is 2.74 bits per heavy atom. The number of aromatic nitrogens is 3. The SMILES string of the molecule is N#Cc1cccnc1N1CCC2CCN(c3cc(C(F)(F)F)ncn3)CC21. The van der Waals surface area contributed by atoms with Crippen molar-refractivity contribution in [2.24, 2.45) is 5.92 Å². The number of fused-ring (bicyclic) bond motifs is 1. The Hall–Kier alpha value is -2.89. The molecule has 0 N–H and O–H groups in total. The molecule has 27 heavy (non-hydrogen) atoms. The number of nitriles is 1. The molecule has 2 atom stereocenters. The maximum absolute atomic E-state index is 13.0. The summed E-state index contributed by atoms with van der Waals surface area (Å²) in [5.41, 5.74) is -0.425. The van der Waals surface area contributed by atoms with Crippen LogP contribution in [0.1, 0.15) is 24.1 Å². The molecule has 2 saturated heterocycles. The number of rotatable bonds is 2. The van der Waals surface area contributed by atoms with Gasteiger partial charge < -0.3 is 9.80 Å². The second kappa shape index (κ2) is 6.68. The minimum Gasteiger partial charge on any atom is -0.354 e. The molecule has 0 aliphatic carbocycles. The van der Waals surface area contributed by atoms with Gasteiger partial charge in [-0.15, -0.1) is 0 Å². The number of hydrogen-bond donors (Lipinski definition) is 0. The van der Waals surface area contributed by atoms with Crippen LogP contribution in [-0.2, 0) is 6.18 Å². The van der Waals surface area contributed by atoms with Crippen LogP contribution in [0.4, 0.5) is 24.8 Å². The van der Waals surface area contributed by atoms with E-state index in [4.69, 9.17) is 0 Å². The Kier molecular flexibility index (Phi) is 4.34. The molecular formula is C18H17F3N6. The normalized spacial score (nSPS) is 22.4. The van der Waals surface area contributed by atoms with E-state index in [1.54, 1.807) is 18.3 Å². The standard InChI is InChI=1S/C18H17F3N6/c19-18(20,21)15-8-16(25-11-24-15)26-6-3-12-4-7-27(14(12)10-26)17-13(9-22)2-1-5-23-17/h1-2,5,8,11-12,14H,3-4,6-7,10H2. The van der Waals surface area contributed by atoms with Gasteiger partial charge in [0.05, 0.1) is 11.6 Å². The maximum Gasteiger partial charge on any atom is 0.433 e. The van der Waals surface area contributed by atoms with Gasteiger partial charge in [0, 0.05) is 31.9 Å². The number of alkyl halides is 3. The molecule has 0 amide bonds. The van der Waals surface area contributed by atoms with Crippen LogP contribution in [0.2, 0.25) is 0 Å². The first kappa shape index (κ1) is 17.5. The fourth-order valence-corrected chi connectivity index (χ4v) is 4.00. The van der Waals surface area contributed by atoms with E-state index in [1.165, 1.54) is 0 Å². The largest absolute Gasteiger partial charge is 0.433 e. The lowest BCUT2D eigenvalue weighted by atomic mass is 9.92. The lowest BCUT2D eigenvalue weighted by Gasteiger charge is -2.39. The summed E-state index contributed by atoms with van der Waals surface area (Å²) in [6, 6.07) is 6.72. The van der Waals surface area contributed by atoms with Gasteiger partial charge in [0.2, 0.25) is 0 Å². The number of halogens is 3. The predicted molar refractivity (Wildman–Crippen MR) is 92.1 cm³/mol. The molecule has 2 aliphatic heterocycles. The first-order valence-electron chi connectivity index (χ1n) is 8.73. The Labute approximate surface area is 154 Å². The highest BCUT2D eigenvalue weighted by Crippen LogP contribution is 2.37. The van der Waals surface area contributed by atoms with Gasteiger partial charge in [-0.1, -0.05) is 0 Å². The summed E-state index contributed by atoms with van der Waals surface area (Å²) in [6.07, 6.45) is -0.0306. The molecule has 6 nitrogen and oxygen atoms in total. The van der Waals surface area contributed by atoms with Crippen molar-refractivity contribution < 1.29 is 13.2 Å². The smallest absolute Gasteiger partial charge is 0.354 e. The topological polar surface area (TPSA) is 68.9 Å². The number of pyridine rings is 1. The van der Waals surface area contributed by atoms with E-state index in [1.807, 2.05) is 4.90 Å². The Morgan fingerprint density at radius 1 is 1.15 bits per heavy atom. The Balaban J connectivity index is 1.60. The Bertz CT molecular complexity index is 878. The zero-order valence-electron chi connectivity index (χ0n) is 14.4. The van der Waals surface area contributed by atoms with E-state index >= 15 is 0 Å². The second-order valence-corrected chi connectivity index (χ2v) is 6.79. The highest BCUT2D eigenvalue weighted by atomic mass is 19.4. The molecule has 0 saturated carbocycles. The lowest BCUT2D eigenvalue weighted by molar-refractivity contribution is -0.141. The zero-order valence-corrected chi connectivity index (χ0v) is 14.4. The molecule has 2 aliphatic rings. The molecule has 0 bridgehead atoms. The van der Waals surface area contributed by atoms with Gasteiger partial charge in [-0.05, 0) is 30.9 Å². The van der Waals surface area contributed by atoms with Gasteiger partial charge in [0.15, 0.2) is 0 Å². The van der Waals surface area contributed by atoms with Crippen molar-refractivity contribution in [2.75, 3.05) is 29.4 Å². The number of piperidine rings is 1. The van der Waals surface area contributed by atoms with Crippen LogP contribution >= 0.6 is 0 Å². The zero-order chi connectivity index (χ0) is 19.0. The van der Waals surface area contributed by atoms with Gasteiger partial charge in [0.1, 0.15) is 29.7 Å². The third-order valence-electron chi connectivity index (χ3n) is 5.31. The number of anilines is 2. The summed E-state index contributed by atoms with van der Waals surface area (Å²) >= 11 is 0. The average molecular weight is 374 g/mol. The quantitative estimate of drug-likeness (QED) is 0.805. The van der Waals surface area contributed by atoms with Gasteiger partial charge in [-0.25, -0.2) is 15.0 Å². The molecule has 140 valence electrons. The van der Waals surface area contributed by atoms with E-state index in [-0.39, 0.29) is 11.9 Å². The van der Waals surface area contributed by atoms with E-state index in [2.05, 4.69) is 25.9 Å². The third kappa shape index (κ3) is 3.27.